The van der Waals surface area contributed by atoms with Gasteiger partial charge in [-0.25, -0.2) is 9.97 Å². The number of nitrogens with one attached hydrogen (secondary N) is 1. The average Bonchev–Trinajstić information content (AvgIpc) is 2.19. The molecule has 0 aliphatic rings. The van der Waals surface area contributed by atoms with Crippen molar-refractivity contribution in [2.75, 3.05) is 17.3 Å². The first-order valence-corrected chi connectivity index (χ1v) is 6.66. The second kappa shape index (κ2) is 5.80. The van der Waals surface area contributed by atoms with Gasteiger partial charge in [0.2, 0.25) is 5.95 Å². The monoisotopic (exact) mass is 227 g/mol. The van der Waals surface area contributed by atoms with Crippen LogP contribution in [0.5, 0.6) is 0 Å². The van der Waals surface area contributed by atoms with Crippen LogP contribution in [0.25, 0.3) is 0 Å². The second-order valence-electron chi connectivity index (χ2n) is 3.70. The molecule has 0 spiro atoms. The number of hydrogen-bond donors (Lipinski definition) is 1. The van der Waals surface area contributed by atoms with Gasteiger partial charge in [0.15, 0.2) is 0 Å². The van der Waals surface area contributed by atoms with Crippen LogP contribution in [-0.2, 0) is 10.8 Å². The number of rotatable bonds is 5. The fourth-order valence-corrected chi connectivity index (χ4v) is 1.79. The van der Waals surface area contributed by atoms with Gasteiger partial charge in [-0.05, 0) is 25.8 Å². The van der Waals surface area contributed by atoms with E-state index in [2.05, 4.69) is 15.3 Å². The quantitative estimate of drug-likeness (QED) is 0.825. The molecule has 2 atom stereocenters. The van der Waals surface area contributed by atoms with Crippen LogP contribution in [0.15, 0.2) is 12.4 Å². The first kappa shape index (κ1) is 12.1. The summed E-state index contributed by atoms with van der Waals surface area (Å²) >= 11 is 0. The van der Waals surface area contributed by atoms with E-state index >= 15 is 0 Å². The Bertz CT molecular complexity index is 326. The lowest BCUT2D eigenvalue weighted by molar-refractivity contribution is 0.677. The number of nitrogens with zero attached hydrogens (tertiary/aromatic N) is 2. The molecule has 0 aromatic carbocycles. The summed E-state index contributed by atoms with van der Waals surface area (Å²) in [6.45, 7) is 3.99. The Hall–Kier alpha value is -0.970. The predicted octanol–water partition coefficient (Wildman–Crippen LogP) is 1.35. The Balaban J connectivity index is 2.40. The van der Waals surface area contributed by atoms with Crippen LogP contribution in [0, 0.1) is 6.92 Å². The third-order valence-corrected chi connectivity index (χ3v) is 2.81. The van der Waals surface area contributed by atoms with Crippen molar-refractivity contribution < 1.29 is 4.21 Å². The number of hydrogen-bond acceptors (Lipinski definition) is 4. The van der Waals surface area contributed by atoms with E-state index < -0.39 is 10.8 Å². The van der Waals surface area contributed by atoms with Gasteiger partial charge in [0.25, 0.3) is 0 Å². The predicted molar refractivity (Wildman–Crippen MR) is 63.4 cm³/mol. The molecule has 84 valence electrons. The van der Waals surface area contributed by atoms with Crippen molar-refractivity contribution in [3.8, 4) is 0 Å². The topological polar surface area (TPSA) is 54.9 Å². The molecule has 0 fully saturated rings. The SMILES string of the molecule is Cc1cnc(NC(C)CCS(C)=O)nc1. The van der Waals surface area contributed by atoms with Crippen molar-refractivity contribution in [1.82, 2.24) is 9.97 Å². The van der Waals surface area contributed by atoms with E-state index in [1.807, 2.05) is 13.8 Å². The van der Waals surface area contributed by atoms with Crippen molar-refractivity contribution >= 4 is 16.7 Å². The third-order valence-electron chi connectivity index (χ3n) is 1.99. The van der Waals surface area contributed by atoms with Gasteiger partial charge in [-0.1, -0.05) is 0 Å². The lowest BCUT2D eigenvalue weighted by atomic mass is 10.3. The molecule has 15 heavy (non-hydrogen) atoms. The largest absolute Gasteiger partial charge is 0.352 e. The van der Waals surface area contributed by atoms with Gasteiger partial charge in [-0.2, -0.15) is 0 Å². The van der Waals surface area contributed by atoms with Crippen LogP contribution in [0.1, 0.15) is 18.9 Å². The molecule has 0 aliphatic heterocycles. The Kier molecular flexibility index (Phi) is 4.68. The molecular formula is C10H17N3OS. The lowest BCUT2D eigenvalue weighted by Gasteiger charge is -2.12. The van der Waals surface area contributed by atoms with Gasteiger partial charge in [0.1, 0.15) is 0 Å². The minimum absolute atomic E-state index is 0.247. The van der Waals surface area contributed by atoms with E-state index in [0.29, 0.717) is 11.7 Å². The summed E-state index contributed by atoms with van der Waals surface area (Å²) in [5.74, 6) is 1.34. The zero-order chi connectivity index (χ0) is 11.3. The lowest BCUT2D eigenvalue weighted by Crippen LogP contribution is -2.19. The molecule has 0 aliphatic carbocycles. The molecule has 1 aromatic rings. The third kappa shape index (κ3) is 4.88. The maximum absolute atomic E-state index is 10.9. The fraction of sp³-hybridized carbons (Fsp3) is 0.600. The second-order valence-corrected chi connectivity index (χ2v) is 5.25. The first-order valence-electron chi connectivity index (χ1n) is 4.93. The van der Waals surface area contributed by atoms with Crippen LogP contribution < -0.4 is 5.32 Å². The van der Waals surface area contributed by atoms with E-state index in [4.69, 9.17) is 0 Å². The van der Waals surface area contributed by atoms with Crippen LogP contribution in [0.4, 0.5) is 5.95 Å². The van der Waals surface area contributed by atoms with Gasteiger partial charge in [0.05, 0.1) is 0 Å². The first-order chi connectivity index (χ1) is 7.08. The van der Waals surface area contributed by atoms with Crippen molar-refractivity contribution in [3.63, 3.8) is 0 Å². The smallest absolute Gasteiger partial charge is 0.222 e. The molecule has 5 heteroatoms. The molecule has 4 nitrogen and oxygen atoms in total. The Morgan fingerprint density at radius 1 is 1.47 bits per heavy atom. The fourth-order valence-electron chi connectivity index (χ4n) is 1.10. The summed E-state index contributed by atoms with van der Waals surface area (Å²) in [5.41, 5.74) is 1.04. The minimum Gasteiger partial charge on any atom is -0.352 e. The van der Waals surface area contributed by atoms with Gasteiger partial charge in [-0.15, -0.1) is 0 Å². The van der Waals surface area contributed by atoms with Gasteiger partial charge < -0.3 is 5.32 Å². The highest BCUT2D eigenvalue weighted by molar-refractivity contribution is 7.84. The van der Waals surface area contributed by atoms with Crippen LogP contribution in [0.2, 0.25) is 0 Å². The summed E-state index contributed by atoms with van der Waals surface area (Å²) in [6.07, 6.45) is 6.13. The molecule has 2 unspecified atom stereocenters. The molecule has 0 amide bonds. The number of aromatic nitrogens is 2. The van der Waals surface area contributed by atoms with Crippen molar-refractivity contribution in [1.29, 1.82) is 0 Å². The Morgan fingerprint density at radius 2 is 2.07 bits per heavy atom. The van der Waals surface area contributed by atoms with E-state index in [1.54, 1.807) is 18.6 Å². The highest BCUT2D eigenvalue weighted by Crippen LogP contribution is 2.03. The van der Waals surface area contributed by atoms with Crippen LogP contribution in [-0.4, -0.2) is 32.2 Å². The molecule has 1 heterocycles. The molecular weight excluding hydrogens is 210 g/mol. The molecule has 0 saturated carbocycles. The zero-order valence-electron chi connectivity index (χ0n) is 9.36. The standard InChI is InChI=1S/C10H17N3OS/c1-8-6-11-10(12-7-8)13-9(2)4-5-15(3)14/h6-7,9H,4-5H2,1-3H3,(H,11,12,13). The van der Waals surface area contributed by atoms with E-state index in [-0.39, 0.29) is 6.04 Å². The van der Waals surface area contributed by atoms with Gasteiger partial charge in [0, 0.05) is 41.2 Å². The maximum atomic E-state index is 10.9. The van der Waals surface area contributed by atoms with Crippen molar-refractivity contribution in [2.45, 2.75) is 26.3 Å². The highest BCUT2D eigenvalue weighted by Gasteiger charge is 2.04. The van der Waals surface area contributed by atoms with Gasteiger partial charge >= 0.3 is 0 Å². The molecule has 0 radical (unpaired) electrons. The van der Waals surface area contributed by atoms with Gasteiger partial charge in [-0.3, -0.25) is 4.21 Å². The summed E-state index contributed by atoms with van der Waals surface area (Å²) in [5, 5.41) is 3.17. The Morgan fingerprint density at radius 3 is 2.60 bits per heavy atom. The average molecular weight is 227 g/mol. The normalized spacial score (nSPS) is 14.6. The van der Waals surface area contributed by atoms with Crippen LogP contribution >= 0.6 is 0 Å². The summed E-state index contributed by atoms with van der Waals surface area (Å²) in [6, 6.07) is 0.247. The maximum Gasteiger partial charge on any atom is 0.222 e. The summed E-state index contributed by atoms with van der Waals surface area (Å²) in [4.78, 5) is 8.29. The highest BCUT2D eigenvalue weighted by atomic mass is 32.2. The molecule has 1 N–H and O–H groups in total. The minimum atomic E-state index is -0.729. The van der Waals surface area contributed by atoms with Crippen molar-refractivity contribution in [2.24, 2.45) is 0 Å². The van der Waals surface area contributed by atoms with Crippen LogP contribution in [0.3, 0.4) is 0 Å². The van der Waals surface area contributed by atoms with E-state index in [1.165, 1.54) is 0 Å². The summed E-state index contributed by atoms with van der Waals surface area (Å²) in [7, 11) is -0.729. The van der Waals surface area contributed by atoms with Crippen molar-refractivity contribution in [3.05, 3.63) is 18.0 Å². The molecule has 0 saturated heterocycles. The number of anilines is 1. The van der Waals surface area contributed by atoms with E-state index in [0.717, 1.165) is 12.0 Å². The van der Waals surface area contributed by atoms with E-state index in [9.17, 15) is 4.21 Å². The number of aryl methyl sites for hydroxylation is 1. The Labute approximate surface area is 93.0 Å². The zero-order valence-corrected chi connectivity index (χ0v) is 10.2. The summed E-state index contributed by atoms with van der Waals surface area (Å²) < 4.78 is 10.9. The molecule has 1 aromatic heterocycles. The molecule has 1 rings (SSSR count). The molecule has 0 bridgehead atoms.